The van der Waals surface area contributed by atoms with E-state index in [4.69, 9.17) is 11.6 Å². The molecule has 1 rings (SSSR count). The van der Waals surface area contributed by atoms with Crippen molar-refractivity contribution in [3.05, 3.63) is 31.7 Å². The van der Waals surface area contributed by atoms with Gasteiger partial charge in [-0.1, -0.05) is 43.5 Å². The van der Waals surface area contributed by atoms with E-state index in [0.29, 0.717) is 0 Å². The molecule has 0 radical (unpaired) electrons. The summed E-state index contributed by atoms with van der Waals surface area (Å²) in [5.74, 6) is 0. The molecule has 0 saturated heterocycles. The van der Waals surface area contributed by atoms with Crippen molar-refractivity contribution < 1.29 is 0 Å². The van der Waals surface area contributed by atoms with Gasteiger partial charge in [-0.05, 0) is 33.6 Å². The fraction of sp³-hybridized carbons (Fsp3) is 0.143. The summed E-state index contributed by atoms with van der Waals surface area (Å²) in [6.07, 6.45) is 0. The largest absolute Gasteiger partial charge is 0.0876 e. The molecule has 0 bridgehead atoms. The molecular formula is C7H4Br3Cl. The predicted octanol–water partition coefficient (Wildman–Crippen LogP) is 4.76. The lowest BCUT2D eigenvalue weighted by Gasteiger charge is -2.02. The molecule has 4 heteroatoms. The lowest BCUT2D eigenvalue weighted by atomic mass is 10.2. The average Bonchev–Trinajstić information content (AvgIpc) is 1.97. The standard InChI is InChI=1S/C7H4Br3Cl/c8-3-4-1-6(10)7(11)2-5(4)9/h1-2H,3H2. The van der Waals surface area contributed by atoms with Crippen LogP contribution in [0.5, 0.6) is 0 Å². The van der Waals surface area contributed by atoms with E-state index >= 15 is 0 Å². The Morgan fingerprint density at radius 1 is 1.18 bits per heavy atom. The second kappa shape index (κ2) is 4.26. The first-order valence-electron chi connectivity index (χ1n) is 2.84. The Labute approximate surface area is 95.7 Å². The Morgan fingerprint density at radius 2 is 1.82 bits per heavy atom. The third kappa shape index (κ3) is 2.44. The van der Waals surface area contributed by atoms with E-state index in [1.54, 1.807) is 0 Å². The monoisotopic (exact) mass is 360 g/mol. The number of benzene rings is 1. The van der Waals surface area contributed by atoms with E-state index in [9.17, 15) is 0 Å². The summed E-state index contributed by atoms with van der Waals surface area (Å²) in [5, 5.41) is 1.55. The molecule has 0 spiro atoms. The van der Waals surface area contributed by atoms with Crippen molar-refractivity contribution in [3.8, 4) is 0 Å². The van der Waals surface area contributed by atoms with Crippen molar-refractivity contribution in [2.24, 2.45) is 0 Å². The quantitative estimate of drug-likeness (QED) is 0.499. The molecule has 0 N–H and O–H groups in total. The molecule has 0 aliphatic rings. The Bertz CT molecular complexity index is 273. The Morgan fingerprint density at radius 3 is 2.36 bits per heavy atom. The molecule has 0 saturated carbocycles. The fourth-order valence-electron chi connectivity index (χ4n) is 0.666. The highest BCUT2D eigenvalue weighted by Crippen LogP contribution is 2.30. The molecule has 0 aliphatic carbocycles. The molecule has 0 heterocycles. The molecule has 0 aliphatic heterocycles. The van der Waals surface area contributed by atoms with E-state index in [2.05, 4.69) is 47.8 Å². The molecule has 0 atom stereocenters. The summed E-state index contributed by atoms with van der Waals surface area (Å²) in [6.45, 7) is 0. The van der Waals surface area contributed by atoms with E-state index in [0.717, 1.165) is 19.3 Å². The van der Waals surface area contributed by atoms with Crippen LogP contribution in [0.15, 0.2) is 21.1 Å². The lowest BCUT2D eigenvalue weighted by Crippen LogP contribution is -1.80. The first-order valence-corrected chi connectivity index (χ1v) is 5.93. The summed E-state index contributed by atoms with van der Waals surface area (Å²) in [6, 6.07) is 3.86. The van der Waals surface area contributed by atoms with E-state index < -0.39 is 0 Å². The summed E-state index contributed by atoms with van der Waals surface area (Å²) in [5.41, 5.74) is 1.18. The predicted molar refractivity (Wildman–Crippen MR) is 59.5 cm³/mol. The second-order valence-electron chi connectivity index (χ2n) is 1.99. The van der Waals surface area contributed by atoms with Crippen molar-refractivity contribution in [1.29, 1.82) is 0 Å². The van der Waals surface area contributed by atoms with Gasteiger partial charge in [0.15, 0.2) is 0 Å². The van der Waals surface area contributed by atoms with Gasteiger partial charge in [0.25, 0.3) is 0 Å². The Hall–Kier alpha value is 0.950. The smallest absolute Gasteiger partial charge is 0.0559 e. The Kier molecular flexibility index (Phi) is 3.89. The van der Waals surface area contributed by atoms with Crippen LogP contribution in [0.2, 0.25) is 5.02 Å². The summed E-state index contributed by atoms with van der Waals surface area (Å²) in [4.78, 5) is 0. The maximum absolute atomic E-state index is 5.85. The van der Waals surface area contributed by atoms with E-state index in [1.807, 2.05) is 12.1 Å². The van der Waals surface area contributed by atoms with Crippen molar-refractivity contribution in [2.75, 3.05) is 0 Å². The highest BCUT2D eigenvalue weighted by Gasteiger charge is 2.02. The molecule has 1 aromatic rings. The van der Waals surface area contributed by atoms with Crippen LogP contribution in [0.3, 0.4) is 0 Å². The first-order chi connectivity index (χ1) is 5.15. The zero-order chi connectivity index (χ0) is 8.43. The maximum atomic E-state index is 5.85. The normalized spacial score (nSPS) is 10.2. The van der Waals surface area contributed by atoms with Crippen molar-refractivity contribution in [3.63, 3.8) is 0 Å². The lowest BCUT2D eigenvalue weighted by molar-refractivity contribution is 1.38. The molecule has 1 aromatic carbocycles. The number of hydrogen-bond donors (Lipinski definition) is 0. The molecule has 60 valence electrons. The Balaban J connectivity index is 3.21. The number of hydrogen-bond acceptors (Lipinski definition) is 0. The summed E-state index contributed by atoms with van der Waals surface area (Å²) < 4.78 is 1.96. The van der Waals surface area contributed by atoms with Gasteiger partial charge >= 0.3 is 0 Å². The second-order valence-corrected chi connectivity index (χ2v) is 4.67. The van der Waals surface area contributed by atoms with Crippen LogP contribution in [-0.4, -0.2) is 0 Å². The minimum absolute atomic E-state index is 0.724. The number of alkyl halides is 1. The van der Waals surface area contributed by atoms with Crippen LogP contribution in [-0.2, 0) is 5.33 Å². The van der Waals surface area contributed by atoms with Gasteiger partial charge in [0.05, 0.1) is 5.02 Å². The molecule has 0 amide bonds. The maximum Gasteiger partial charge on any atom is 0.0559 e. The molecular weight excluding hydrogens is 359 g/mol. The molecule has 0 fully saturated rings. The highest BCUT2D eigenvalue weighted by atomic mass is 79.9. The van der Waals surface area contributed by atoms with Gasteiger partial charge in [-0.3, -0.25) is 0 Å². The van der Waals surface area contributed by atoms with Gasteiger partial charge in [-0.25, -0.2) is 0 Å². The zero-order valence-electron chi connectivity index (χ0n) is 5.37. The minimum Gasteiger partial charge on any atom is -0.0876 e. The molecule has 11 heavy (non-hydrogen) atoms. The van der Waals surface area contributed by atoms with Crippen LogP contribution >= 0.6 is 59.4 Å². The summed E-state index contributed by atoms with van der Waals surface area (Å²) >= 11 is 16.0. The third-order valence-electron chi connectivity index (χ3n) is 1.23. The fourth-order valence-corrected chi connectivity index (χ4v) is 2.68. The van der Waals surface area contributed by atoms with Gasteiger partial charge in [-0.15, -0.1) is 0 Å². The highest BCUT2D eigenvalue weighted by molar-refractivity contribution is 9.11. The van der Waals surface area contributed by atoms with Crippen LogP contribution in [0.25, 0.3) is 0 Å². The SMILES string of the molecule is Clc1cc(Br)c(CBr)cc1Br. The van der Waals surface area contributed by atoms with E-state index in [1.165, 1.54) is 5.56 Å². The number of halogens is 4. The van der Waals surface area contributed by atoms with Crippen molar-refractivity contribution in [2.45, 2.75) is 5.33 Å². The first kappa shape index (κ1) is 10.0. The van der Waals surface area contributed by atoms with Crippen LogP contribution < -0.4 is 0 Å². The summed E-state index contributed by atoms with van der Waals surface area (Å²) in [7, 11) is 0. The molecule has 0 nitrogen and oxygen atoms in total. The van der Waals surface area contributed by atoms with Gasteiger partial charge in [0, 0.05) is 14.3 Å². The molecule has 0 unspecified atom stereocenters. The van der Waals surface area contributed by atoms with Gasteiger partial charge in [0.2, 0.25) is 0 Å². The van der Waals surface area contributed by atoms with Crippen LogP contribution in [0.1, 0.15) is 5.56 Å². The third-order valence-corrected chi connectivity index (χ3v) is 3.77. The van der Waals surface area contributed by atoms with Crippen molar-refractivity contribution >= 4 is 59.4 Å². The van der Waals surface area contributed by atoms with Gasteiger partial charge in [0.1, 0.15) is 0 Å². The van der Waals surface area contributed by atoms with Crippen LogP contribution in [0, 0.1) is 0 Å². The topological polar surface area (TPSA) is 0 Å². The number of rotatable bonds is 1. The van der Waals surface area contributed by atoms with E-state index in [-0.39, 0.29) is 0 Å². The van der Waals surface area contributed by atoms with Gasteiger partial charge < -0.3 is 0 Å². The van der Waals surface area contributed by atoms with Crippen LogP contribution in [0.4, 0.5) is 0 Å². The van der Waals surface area contributed by atoms with Gasteiger partial charge in [-0.2, -0.15) is 0 Å². The minimum atomic E-state index is 0.724. The average molecular weight is 363 g/mol. The van der Waals surface area contributed by atoms with Crippen molar-refractivity contribution in [1.82, 2.24) is 0 Å². The molecule has 0 aromatic heterocycles. The zero-order valence-corrected chi connectivity index (χ0v) is 10.9.